The molecule has 1 atom stereocenters. The Morgan fingerprint density at radius 1 is 1.39 bits per heavy atom. The third-order valence-electron chi connectivity index (χ3n) is 2.16. The summed E-state index contributed by atoms with van der Waals surface area (Å²) in [5, 5.41) is 11.0. The Kier molecular flexibility index (Phi) is 5.64. The van der Waals surface area contributed by atoms with Crippen LogP contribution in [0.3, 0.4) is 0 Å². The molecule has 0 heterocycles. The first-order valence-electron chi connectivity index (χ1n) is 5.39. The maximum absolute atomic E-state index is 12.6. The molecule has 0 bridgehead atoms. The van der Waals surface area contributed by atoms with E-state index in [2.05, 4.69) is 5.32 Å². The lowest BCUT2D eigenvalue weighted by molar-refractivity contribution is -0.141. The minimum atomic E-state index is -1.06. The van der Waals surface area contributed by atoms with Gasteiger partial charge in [0, 0.05) is 17.1 Å². The van der Waals surface area contributed by atoms with Gasteiger partial charge < -0.3 is 10.4 Å². The van der Waals surface area contributed by atoms with Crippen LogP contribution in [-0.4, -0.2) is 28.8 Å². The van der Waals surface area contributed by atoms with Gasteiger partial charge >= 0.3 is 5.97 Å². The first-order valence-corrected chi connectivity index (χ1v) is 6.38. The van der Waals surface area contributed by atoms with Crippen LogP contribution < -0.4 is 5.32 Å². The summed E-state index contributed by atoms with van der Waals surface area (Å²) >= 11 is 1.42. The third kappa shape index (κ3) is 5.18. The lowest BCUT2D eigenvalue weighted by Gasteiger charge is -2.08. The van der Waals surface area contributed by atoms with Gasteiger partial charge in [0.2, 0.25) is 5.91 Å². The van der Waals surface area contributed by atoms with Gasteiger partial charge in [-0.25, -0.2) is 4.39 Å². The number of carbonyl (C=O) groups is 2. The van der Waals surface area contributed by atoms with Crippen molar-refractivity contribution in [3.8, 4) is 0 Å². The van der Waals surface area contributed by atoms with Crippen LogP contribution in [0.2, 0.25) is 0 Å². The van der Waals surface area contributed by atoms with E-state index in [4.69, 9.17) is 5.11 Å². The van der Waals surface area contributed by atoms with Crippen LogP contribution in [0.25, 0.3) is 0 Å². The number of carboxylic acids is 1. The summed E-state index contributed by atoms with van der Waals surface area (Å²) in [5.41, 5.74) is 0. The zero-order valence-corrected chi connectivity index (χ0v) is 10.7. The quantitative estimate of drug-likeness (QED) is 0.775. The van der Waals surface area contributed by atoms with Crippen molar-refractivity contribution < 1.29 is 19.1 Å². The number of carbonyl (C=O) groups excluding carboxylic acids is 1. The van der Waals surface area contributed by atoms with E-state index in [0.29, 0.717) is 5.75 Å². The van der Waals surface area contributed by atoms with Crippen LogP contribution in [0.1, 0.15) is 13.3 Å². The van der Waals surface area contributed by atoms with Crippen LogP contribution >= 0.6 is 11.8 Å². The maximum atomic E-state index is 12.6. The van der Waals surface area contributed by atoms with Gasteiger partial charge in [0.05, 0.1) is 0 Å². The van der Waals surface area contributed by atoms with Crippen molar-refractivity contribution in [3.05, 3.63) is 30.1 Å². The molecule has 0 saturated heterocycles. The molecule has 1 aromatic carbocycles. The number of hydrogen-bond donors (Lipinski definition) is 2. The Morgan fingerprint density at radius 3 is 2.56 bits per heavy atom. The summed E-state index contributed by atoms with van der Waals surface area (Å²) in [6.07, 6.45) is 0.222. The highest BCUT2D eigenvalue weighted by atomic mass is 32.2. The van der Waals surface area contributed by atoms with E-state index >= 15 is 0 Å². The molecule has 0 saturated carbocycles. The van der Waals surface area contributed by atoms with Crippen LogP contribution in [0.4, 0.5) is 4.39 Å². The largest absolute Gasteiger partial charge is 0.480 e. The van der Waals surface area contributed by atoms with Gasteiger partial charge in [-0.05, 0) is 31.2 Å². The Labute approximate surface area is 109 Å². The molecule has 0 aromatic heterocycles. The summed E-state index contributed by atoms with van der Waals surface area (Å²) in [4.78, 5) is 22.7. The zero-order chi connectivity index (χ0) is 13.5. The topological polar surface area (TPSA) is 66.4 Å². The van der Waals surface area contributed by atoms with Crippen LogP contribution in [0.15, 0.2) is 29.2 Å². The van der Waals surface area contributed by atoms with E-state index in [-0.39, 0.29) is 18.1 Å². The molecule has 0 fully saturated rings. The van der Waals surface area contributed by atoms with Gasteiger partial charge in [-0.1, -0.05) is 0 Å². The number of rotatable bonds is 6. The van der Waals surface area contributed by atoms with Gasteiger partial charge in [-0.3, -0.25) is 9.59 Å². The van der Waals surface area contributed by atoms with Crippen molar-refractivity contribution in [2.45, 2.75) is 24.3 Å². The second-order valence-electron chi connectivity index (χ2n) is 3.68. The van der Waals surface area contributed by atoms with Crippen LogP contribution in [0, 0.1) is 5.82 Å². The molecule has 98 valence electrons. The standard InChI is InChI=1S/C12H14FNO3S/c1-8(12(16)17)14-11(15)6-7-18-10-4-2-9(13)3-5-10/h2-5,8H,6-7H2,1H3,(H,14,15)(H,16,17)/t8-/m0/s1. The lowest BCUT2D eigenvalue weighted by atomic mass is 10.3. The molecule has 2 N–H and O–H groups in total. The lowest BCUT2D eigenvalue weighted by Crippen LogP contribution is -2.38. The number of nitrogens with one attached hydrogen (secondary N) is 1. The molecule has 1 rings (SSSR count). The summed E-state index contributed by atoms with van der Waals surface area (Å²) < 4.78 is 12.6. The first kappa shape index (κ1) is 14.5. The minimum absolute atomic E-state index is 0.222. The number of thioether (sulfide) groups is 1. The number of aliphatic carboxylic acids is 1. The minimum Gasteiger partial charge on any atom is -0.480 e. The molecule has 0 unspecified atom stereocenters. The number of carboxylic acid groups (broad SMARTS) is 1. The molecule has 0 aliphatic rings. The molecule has 0 aliphatic heterocycles. The molecule has 18 heavy (non-hydrogen) atoms. The van der Waals surface area contributed by atoms with Crippen molar-refractivity contribution in [3.63, 3.8) is 0 Å². The average Bonchev–Trinajstić information content (AvgIpc) is 2.31. The van der Waals surface area contributed by atoms with Gasteiger partial charge in [-0.15, -0.1) is 11.8 Å². The van der Waals surface area contributed by atoms with E-state index in [1.165, 1.54) is 30.8 Å². The van der Waals surface area contributed by atoms with Gasteiger partial charge in [0.1, 0.15) is 11.9 Å². The van der Waals surface area contributed by atoms with Crippen molar-refractivity contribution in [2.24, 2.45) is 0 Å². The van der Waals surface area contributed by atoms with Crippen molar-refractivity contribution in [1.82, 2.24) is 5.32 Å². The van der Waals surface area contributed by atoms with Crippen molar-refractivity contribution in [1.29, 1.82) is 0 Å². The number of halogens is 1. The Bertz CT molecular complexity index is 422. The Hall–Kier alpha value is -1.56. The fourth-order valence-corrected chi connectivity index (χ4v) is 2.02. The molecule has 1 aromatic rings. The van der Waals surface area contributed by atoms with E-state index in [9.17, 15) is 14.0 Å². The van der Waals surface area contributed by atoms with Crippen LogP contribution in [0.5, 0.6) is 0 Å². The molecule has 0 spiro atoms. The molecule has 0 radical (unpaired) electrons. The predicted molar refractivity (Wildman–Crippen MR) is 67.0 cm³/mol. The molecule has 0 aliphatic carbocycles. The summed E-state index contributed by atoms with van der Waals surface area (Å²) in [6.45, 7) is 1.41. The number of hydrogen-bond acceptors (Lipinski definition) is 3. The zero-order valence-electron chi connectivity index (χ0n) is 9.85. The van der Waals surface area contributed by atoms with E-state index < -0.39 is 12.0 Å². The fraction of sp³-hybridized carbons (Fsp3) is 0.333. The second kappa shape index (κ2) is 7.00. The summed E-state index contributed by atoms with van der Waals surface area (Å²) in [6, 6.07) is 5.10. The van der Waals surface area contributed by atoms with E-state index in [1.54, 1.807) is 12.1 Å². The Morgan fingerprint density at radius 2 is 2.00 bits per heavy atom. The molecular formula is C12H14FNO3S. The average molecular weight is 271 g/mol. The molecule has 1 amide bonds. The maximum Gasteiger partial charge on any atom is 0.325 e. The highest BCUT2D eigenvalue weighted by Crippen LogP contribution is 2.18. The molecule has 6 heteroatoms. The Balaban J connectivity index is 2.27. The SMILES string of the molecule is C[C@H](NC(=O)CCSc1ccc(F)cc1)C(=O)O. The highest BCUT2D eigenvalue weighted by molar-refractivity contribution is 7.99. The van der Waals surface area contributed by atoms with E-state index in [1.807, 2.05) is 0 Å². The van der Waals surface area contributed by atoms with Gasteiger partial charge in [-0.2, -0.15) is 0 Å². The fourth-order valence-electron chi connectivity index (χ4n) is 1.17. The van der Waals surface area contributed by atoms with Crippen molar-refractivity contribution in [2.75, 3.05) is 5.75 Å². The number of amides is 1. The predicted octanol–water partition coefficient (Wildman–Crippen LogP) is 1.90. The van der Waals surface area contributed by atoms with Crippen molar-refractivity contribution >= 4 is 23.6 Å². The van der Waals surface area contributed by atoms with Gasteiger partial charge in [0.15, 0.2) is 0 Å². The summed E-state index contributed by atoms with van der Waals surface area (Å²) in [7, 11) is 0. The number of benzene rings is 1. The summed E-state index contributed by atoms with van der Waals surface area (Å²) in [5.74, 6) is -1.15. The molecule has 4 nitrogen and oxygen atoms in total. The second-order valence-corrected chi connectivity index (χ2v) is 4.85. The van der Waals surface area contributed by atoms with E-state index in [0.717, 1.165) is 4.90 Å². The normalized spacial score (nSPS) is 11.9. The molecular weight excluding hydrogens is 257 g/mol. The smallest absolute Gasteiger partial charge is 0.325 e. The third-order valence-corrected chi connectivity index (χ3v) is 3.17. The monoisotopic (exact) mass is 271 g/mol. The first-order chi connectivity index (χ1) is 8.49. The van der Waals surface area contributed by atoms with Crippen LogP contribution in [-0.2, 0) is 9.59 Å². The highest BCUT2D eigenvalue weighted by Gasteiger charge is 2.13. The van der Waals surface area contributed by atoms with Gasteiger partial charge in [0.25, 0.3) is 0 Å².